The SMILES string of the molecule is CCCOc1cc(NCc2ccccc2Cl)ccc1N. The fourth-order valence-electron chi connectivity index (χ4n) is 1.82. The first kappa shape index (κ1) is 14.5. The van der Waals surface area contributed by atoms with Crippen molar-refractivity contribution >= 4 is 23.0 Å². The van der Waals surface area contributed by atoms with Crippen molar-refractivity contribution in [1.82, 2.24) is 0 Å². The summed E-state index contributed by atoms with van der Waals surface area (Å²) in [6.07, 6.45) is 0.955. The minimum absolute atomic E-state index is 0.654. The number of hydrogen-bond acceptors (Lipinski definition) is 3. The van der Waals surface area contributed by atoms with E-state index in [2.05, 4.69) is 12.2 Å². The summed E-state index contributed by atoms with van der Waals surface area (Å²) in [6.45, 7) is 3.39. The first-order valence-electron chi connectivity index (χ1n) is 6.70. The van der Waals surface area contributed by atoms with E-state index in [-0.39, 0.29) is 0 Å². The van der Waals surface area contributed by atoms with E-state index < -0.39 is 0 Å². The molecule has 106 valence electrons. The van der Waals surface area contributed by atoms with Crippen LogP contribution in [0.15, 0.2) is 42.5 Å². The van der Waals surface area contributed by atoms with Gasteiger partial charge in [0, 0.05) is 23.3 Å². The zero-order chi connectivity index (χ0) is 14.4. The Morgan fingerprint density at radius 2 is 2.00 bits per heavy atom. The van der Waals surface area contributed by atoms with E-state index in [0.29, 0.717) is 18.8 Å². The topological polar surface area (TPSA) is 47.3 Å². The van der Waals surface area contributed by atoms with Crippen LogP contribution in [0.25, 0.3) is 0 Å². The number of benzene rings is 2. The number of anilines is 2. The predicted molar refractivity (Wildman–Crippen MR) is 85.4 cm³/mol. The van der Waals surface area contributed by atoms with Crippen molar-refractivity contribution in [2.24, 2.45) is 0 Å². The van der Waals surface area contributed by atoms with Gasteiger partial charge in [-0.05, 0) is 30.2 Å². The van der Waals surface area contributed by atoms with Gasteiger partial charge in [-0.3, -0.25) is 0 Å². The molecule has 0 aliphatic rings. The number of rotatable bonds is 6. The van der Waals surface area contributed by atoms with Gasteiger partial charge >= 0.3 is 0 Å². The molecule has 0 fully saturated rings. The first-order chi connectivity index (χ1) is 9.70. The third-order valence-electron chi connectivity index (χ3n) is 2.92. The maximum absolute atomic E-state index is 6.13. The summed E-state index contributed by atoms with van der Waals surface area (Å²) in [5, 5.41) is 4.09. The Labute approximate surface area is 124 Å². The van der Waals surface area contributed by atoms with Gasteiger partial charge in [-0.2, -0.15) is 0 Å². The molecule has 0 atom stereocenters. The molecule has 3 N–H and O–H groups in total. The molecule has 0 amide bonds. The Kier molecular flexibility index (Phi) is 5.13. The van der Waals surface area contributed by atoms with E-state index in [1.165, 1.54) is 0 Å². The summed E-state index contributed by atoms with van der Waals surface area (Å²) < 4.78 is 5.61. The monoisotopic (exact) mass is 290 g/mol. The van der Waals surface area contributed by atoms with Crippen LogP contribution in [0.5, 0.6) is 5.75 Å². The second-order valence-corrected chi connectivity index (χ2v) is 4.95. The van der Waals surface area contributed by atoms with E-state index in [1.807, 2.05) is 42.5 Å². The summed E-state index contributed by atoms with van der Waals surface area (Å²) in [5.74, 6) is 0.719. The van der Waals surface area contributed by atoms with Crippen LogP contribution < -0.4 is 15.8 Å². The normalized spacial score (nSPS) is 10.3. The molecule has 0 aromatic heterocycles. The van der Waals surface area contributed by atoms with Gasteiger partial charge in [0.2, 0.25) is 0 Å². The molecule has 0 aliphatic heterocycles. The molecule has 20 heavy (non-hydrogen) atoms. The Balaban J connectivity index is 2.04. The summed E-state index contributed by atoms with van der Waals surface area (Å²) in [5.41, 5.74) is 8.56. The molecule has 0 bridgehead atoms. The molecule has 2 rings (SSSR count). The molecule has 0 radical (unpaired) electrons. The minimum atomic E-state index is 0.654. The second kappa shape index (κ2) is 7.06. The van der Waals surface area contributed by atoms with Crippen molar-refractivity contribution in [3.63, 3.8) is 0 Å². The molecule has 3 nitrogen and oxygen atoms in total. The van der Waals surface area contributed by atoms with E-state index in [9.17, 15) is 0 Å². The molecule has 2 aromatic rings. The van der Waals surface area contributed by atoms with Crippen LogP contribution in [0.2, 0.25) is 5.02 Å². The Hall–Kier alpha value is -1.87. The molecule has 0 saturated carbocycles. The summed E-state index contributed by atoms with van der Waals surface area (Å²) >= 11 is 6.13. The summed E-state index contributed by atoms with van der Waals surface area (Å²) in [4.78, 5) is 0. The van der Waals surface area contributed by atoms with Gasteiger partial charge in [0.15, 0.2) is 0 Å². The Bertz CT molecular complexity index is 572. The Morgan fingerprint density at radius 1 is 1.20 bits per heavy atom. The number of halogens is 1. The standard InChI is InChI=1S/C16H19ClN2O/c1-2-9-20-16-10-13(7-8-15(16)18)19-11-12-5-3-4-6-14(12)17/h3-8,10,19H,2,9,11,18H2,1H3. The maximum atomic E-state index is 6.13. The number of ether oxygens (including phenoxy) is 1. The quantitative estimate of drug-likeness (QED) is 0.779. The van der Waals surface area contributed by atoms with Crippen LogP contribution >= 0.6 is 11.6 Å². The maximum Gasteiger partial charge on any atom is 0.144 e. The lowest BCUT2D eigenvalue weighted by molar-refractivity contribution is 0.319. The van der Waals surface area contributed by atoms with Crippen LogP contribution in [-0.4, -0.2) is 6.61 Å². The van der Waals surface area contributed by atoms with Crippen molar-refractivity contribution in [2.45, 2.75) is 19.9 Å². The number of nitrogens with one attached hydrogen (secondary N) is 1. The first-order valence-corrected chi connectivity index (χ1v) is 7.08. The largest absolute Gasteiger partial charge is 0.491 e. The molecule has 2 aromatic carbocycles. The third-order valence-corrected chi connectivity index (χ3v) is 3.28. The zero-order valence-electron chi connectivity index (χ0n) is 11.5. The highest BCUT2D eigenvalue weighted by molar-refractivity contribution is 6.31. The lowest BCUT2D eigenvalue weighted by Gasteiger charge is -2.12. The predicted octanol–water partition coefficient (Wildman–Crippen LogP) is 4.32. The highest BCUT2D eigenvalue weighted by atomic mass is 35.5. The fourth-order valence-corrected chi connectivity index (χ4v) is 2.02. The highest BCUT2D eigenvalue weighted by Crippen LogP contribution is 2.26. The lowest BCUT2D eigenvalue weighted by atomic mass is 10.2. The van der Waals surface area contributed by atoms with Gasteiger partial charge in [0.05, 0.1) is 12.3 Å². The third kappa shape index (κ3) is 3.81. The van der Waals surface area contributed by atoms with Gasteiger partial charge in [-0.15, -0.1) is 0 Å². The van der Waals surface area contributed by atoms with Crippen LogP contribution in [-0.2, 0) is 6.54 Å². The van der Waals surface area contributed by atoms with Crippen LogP contribution in [0.1, 0.15) is 18.9 Å². The van der Waals surface area contributed by atoms with Gasteiger partial charge in [-0.25, -0.2) is 0 Å². The van der Waals surface area contributed by atoms with Crippen molar-refractivity contribution in [1.29, 1.82) is 0 Å². The van der Waals surface area contributed by atoms with Gasteiger partial charge < -0.3 is 15.8 Å². The van der Waals surface area contributed by atoms with Crippen molar-refractivity contribution in [3.05, 3.63) is 53.1 Å². The highest BCUT2D eigenvalue weighted by Gasteiger charge is 2.03. The Morgan fingerprint density at radius 3 is 2.75 bits per heavy atom. The van der Waals surface area contributed by atoms with E-state index in [0.717, 1.165) is 28.4 Å². The average molecular weight is 291 g/mol. The average Bonchev–Trinajstić information content (AvgIpc) is 2.46. The zero-order valence-corrected chi connectivity index (χ0v) is 12.3. The molecule has 0 unspecified atom stereocenters. The van der Waals surface area contributed by atoms with Crippen molar-refractivity contribution in [3.8, 4) is 5.75 Å². The molecule has 0 spiro atoms. The van der Waals surface area contributed by atoms with Crippen LogP contribution in [0.4, 0.5) is 11.4 Å². The lowest BCUT2D eigenvalue weighted by Crippen LogP contribution is -2.03. The molecule has 0 heterocycles. The molecular weight excluding hydrogens is 272 g/mol. The van der Waals surface area contributed by atoms with E-state index in [4.69, 9.17) is 22.1 Å². The van der Waals surface area contributed by atoms with Crippen molar-refractivity contribution < 1.29 is 4.74 Å². The van der Waals surface area contributed by atoms with Crippen molar-refractivity contribution in [2.75, 3.05) is 17.7 Å². The smallest absolute Gasteiger partial charge is 0.144 e. The second-order valence-electron chi connectivity index (χ2n) is 4.55. The molecule has 0 saturated heterocycles. The molecular formula is C16H19ClN2O. The fraction of sp³-hybridized carbons (Fsp3) is 0.250. The van der Waals surface area contributed by atoms with E-state index >= 15 is 0 Å². The van der Waals surface area contributed by atoms with E-state index in [1.54, 1.807) is 0 Å². The summed E-state index contributed by atoms with van der Waals surface area (Å²) in [7, 11) is 0. The van der Waals surface area contributed by atoms with Gasteiger partial charge in [-0.1, -0.05) is 36.7 Å². The molecule has 0 aliphatic carbocycles. The van der Waals surface area contributed by atoms with Crippen LogP contribution in [0, 0.1) is 0 Å². The molecule has 4 heteroatoms. The minimum Gasteiger partial charge on any atom is -0.491 e. The number of nitrogens with two attached hydrogens (primary N) is 1. The van der Waals surface area contributed by atoms with Gasteiger partial charge in [0.1, 0.15) is 5.75 Å². The number of hydrogen-bond donors (Lipinski definition) is 2. The summed E-state index contributed by atoms with van der Waals surface area (Å²) in [6, 6.07) is 13.5. The van der Waals surface area contributed by atoms with Crippen LogP contribution in [0.3, 0.4) is 0 Å². The number of nitrogen functional groups attached to an aromatic ring is 1. The van der Waals surface area contributed by atoms with Gasteiger partial charge in [0.25, 0.3) is 0 Å².